The molecule has 1 aromatic carbocycles. The third-order valence-corrected chi connectivity index (χ3v) is 3.41. The number of ether oxygens (including phenoxy) is 1. The lowest BCUT2D eigenvalue weighted by molar-refractivity contribution is -0.116. The van der Waals surface area contributed by atoms with Gasteiger partial charge in [-0.05, 0) is 37.9 Å². The molecule has 1 saturated heterocycles. The summed E-state index contributed by atoms with van der Waals surface area (Å²) < 4.78 is 5.55. The van der Waals surface area contributed by atoms with Gasteiger partial charge in [-0.25, -0.2) is 0 Å². The molecule has 1 unspecified atom stereocenters. The van der Waals surface area contributed by atoms with Gasteiger partial charge in [0, 0.05) is 30.6 Å². The summed E-state index contributed by atoms with van der Waals surface area (Å²) in [4.78, 5) is 12.0. The molecule has 1 aliphatic heterocycles. The van der Waals surface area contributed by atoms with Crippen LogP contribution in [-0.4, -0.2) is 25.1 Å². The van der Waals surface area contributed by atoms with E-state index in [9.17, 15) is 4.79 Å². The van der Waals surface area contributed by atoms with E-state index in [4.69, 9.17) is 10.00 Å². The lowest BCUT2D eigenvalue weighted by Crippen LogP contribution is -2.27. The second-order valence-electron chi connectivity index (χ2n) is 5.18. The summed E-state index contributed by atoms with van der Waals surface area (Å²) in [7, 11) is 0. The monoisotopic (exact) mass is 287 g/mol. The molecule has 1 aliphatic rings. The van der Waals surface area contributed by atoms with E-state index < -0.39 is 0 Å². The summed E-state index contributed by atoms with van der Waals surface area (Å²) in [6.07, 6.45) is 3.91. The van der Waals surface area contributed by atoms with Gasteiger partial charge in [0.15, 0.2) is 0 Å². The Kier molecular flexibility index (Phi) is 6.04. The van der Waals surface area contributed by atoms with Gasteiger partial charge in [0.2, 0.25) is 5.91 Å². The van der Waals surface area contributed by atoms with Crippen LogP contribution in [0.25, 0.3) is 0 Å². The second kappa shape index (κ2) is 8.28. The predicted octanol–water partition coefficient (Wildman–Crippen LogP) is 2.45. The van der Waals surface area contributed by atoms with Gasteiger partial charge in [-0.2, -0.15) is 5.26 Å². The van der Waals surface area contributed by atoms with E-state index in [0.29, 0.717) is 37.7 Å². The van der Waals surface area contributed by atoms with Gasteiger partial charge in [0.1, 0.15) is 5.75 Å². The molecule has 2 rings (SSSR count). The average Bonchev–Trinajstić information content (AvgIpc) is 2.97. The number of unbranched alkanes of at least 4 members (excludes halogenated alkanes) is 1. The quantitative estimate of drug-likeness (QED) is 0.755. The molecule has 1 aromatic rings. The van der Waals surface area contributed by atoms with Crippen LogP contribution in [0.1, 0.15) is 32.1 Å². The molecule has 1 atom stereocenters. The molecule has 0 saturated carbocycles. The number of carbonyl (C=O) groups excluding carboxylic acids is 1. The van der Waals surface area contributed by atoms with Crippen molar-refractivity contribution in [3.8, 4) is 11.8 Å². The number of amides is 1. The van der Waals surface area contributed by atoms with Crippen LogP contribution in [0.4, 0.5) is 5.69 Å². The maximum absolute atomic E-state index is 12.0. The first-order chi connectivity index (χ1) is 10.3. The normalized spacial score (nSPS) is 17.2. The lowest BCUT2D eigenvalue weighted by atomic mass is 10.1. The summed E-state index contributed by atoms with van der Waals surface area (Å²) in [5, 5.41) is 14.7. The molecular weight excluding hydrogens is 266 g/mol. The molecule has 0 aromatic heterocycles. The Morgan fingerprint density at radius 2 is 2.43 bits per heavy atom. The molecule has 5 heteroatoms. The van der Waals surface area contributed by atoms with E-state index in [2.05, 4.69) is 16.7 Å². The van der Waals surface area contributed by atoms with Crippen LogP contribution in [0, 0.1) is 11.3 Å². The molecule has 0 aliphatic carbocycles. The zero-order chi connectivity index (χ0) is 14.9. The van der Waals surface area contributed by atoms with Crippen molar-refractivity contribution in [2.45, 2.75) is 38.1 Å². The number of rotatable bonds is 7. The van der Waals surface area contributed by atoms with Gasteiger partial charge in [-0.15, -0.1) is 0 Å². The van der Waals surface area contributed by atoms with E-state index in [1.807, 2.05) is 24.3 Å². The number of carbonyl (C=O) groups is 1. The molecule has 112 valence electrons. The zero-order valence-electron chi connectivity index (χ0n) is 12.1. The first kappa shape index (κ1) is 15.3. The molecule has 1 fully saturated rings. The van der Waals surface area contributed by atoms with Crippen molar-refractivity contribution in [2.75, 3.05) is 18.5 Å². The van der Waals surface area contributed by atoms with Gasteiger partial charge in [0.05, 0.1) is 12.7 Å². The minimum atomic E-state index is 0.0241. The number of nitrogens with one attached hydrogen (secondary N) is 2. The summed E-state index contributed by atoms with van der Waals surface area (Å²) in [6.45, 7) is 1.51. The van der Waals surface area contributed by atoms with Gasteiger partial charge in [-0.3, -0.25) is 4.79 Å². The highest BCUT2D eigenvalue weighted by molar-refractivity contribution is 5.91. The molecule has 2 N–H and O–H groups in total. The van der Waals surface area contributed by atoms with E-state index >= 15 is 0 Å². The minimum absolute atomic E-state index is 0.0241. The van der Waals surface area contributed by atoms with Gasteiger partial charge >= 0.3 is 0 Å². The summed E-state index contributed by atoms with van der Waals surface area (Å²) >= 11 is 0. The summed E-state index contributed by atoms with van der Waals surface area (Å²) in [6, 6.07) is 9.74. The fraction of sp³-hybridized carbons (Fsp3) is 0.500. The van der Waals surface area contributed by atoms with Crippen molar-refractivity contribution < 1.29 is 9.53 Å². The van der Waals surface area contributed by atoms with Crippen molar-refractivity contribution >= 4 is 11.6 Å². The molecule has 21 heavy (non-hydrogen) atoms. The predicted molar refractivity (Wildman–Crippen MR) is 81.1 cm³/mol. The second-order valence-corrected chi connectivity index (χ2v) is 5.18. The minimum Gasteiger partial charge on any atom is -0.493 e. The number of hydrogen-bond donors (Lipinski definition) is 2. The van der Waals surface area contributed by atoms with Gasteiger partial charge < -0.3 is 15.4 Å². The average molecular weight is 287 g/mol. The van der Waals surface area contributed by atoms with Crippen LogP contribution < -0.4 is 15.4 Å². The largest absolute Gasteiger partial charge is 0.493 e. The van der Waals surface area contributed by atoms with E-state index in [1.54, 1.807) is 0 Å². The van der Waals surface area contributed by atoms with Crippen molar-refractivity contribution in [3.05, 3.63) is 24.3 Å². The van der Waals surface area contributed by atoms with Crippen molar-refractivity contribution in [1.29, 1.82) is 5.26 Å². The Morgan fingerprint density at radius 1 is 1.52 bits per heavy atom. The SMILES string of the molecule is N#CCCCOc1cccc(NC(=O)CC2CCCN2)c1. The molecule has 1 amide bonds. The van der Waals surface area contributed by atoms with E-state index in [1.165, 1.54) is 0 Å². The van der Waals surface area contributed by atoms with Crippen LogP contribution >= 0.6 is 0 Å². The molecule has 0 spiro atoms. The van der Waals surface area contributed by atoms with E-state index in [-0.39, 0.29) is 5.91 Å². The number of benzene rings is 1. The van der Waals surface area contributed by atoms with Crippen molar-refractivity contribution in [2.24, 2.45) is 0 Å². The molecular formula is C16H21N3O2. The van der Waals surface area contributed by atoms with Crippen molar-refractivity contribution in [3.63, 3.8) is 0 Å². The van der Waals surface area contributed by atoms with Crippen LogP contribution in [0.2, 0.25) is 0 Å². The Labute approximate surface area is 125 Å². The smallest absolute Gasteiger partial charge is 0.225 e. The zero-order valence-corrected chi connectivity index (χ0v) is 12.1. The third kappa shape index (κ3) is 5.44. The van der Waals surface area contributed by atoms with Crippen LogP contribution in [0.15, 0.2) is 24.3 Å². The standard InChI is InChI=1S/C16H21N3O2/c17-8-1-2-10-21-15-7-3-5-14(11-15)19-16(20)12-13-6-4-9-18-13/h3,5,7,11,13,18H,1-2,4,6,9-10,12H2,(H,19,20). The lowest BCUT2D eigenvalue weighted by Gasteiger charge is -2.11. The number of nitriles is 1. The maximum atomic E-state index is 12.0. The Morgan fingerprint density at radius 3 is 3.19 bits per heavy atom. The summed E-state index contributed by atoms with van der Waals surface area (Å²) in [5.41, 5.74) is 0.746. The van der Waals surface area contributed by atoms with Crippen LogP contribution in [-0.2, 0) is 4.79 Å². The first-order valence-electron chi connectivity index (χ1n) is 7.41. The molecule has 0 radical (unpaired) electrons. The third-order valence-electron chi connectivity index (χ3n) is 3.41. The molecule has 1 heterocycles. The molecule has 0 bridgehead atoms. The highest BCUT2D eigenvalue weighted by atomic mass is 16.5. The topological polar surface area (TPSA) is 74.1 Å². The molecule has 5 nitrogen and oxygen atoms in total. The number of anilines is 1. The Hall–Kier alpha value is -2.06. The maximum Gasteiger partial charge on any atom is 0.225 e. The van der Waals surface area contributed by atoms with Crippen molar-refractivity contribution in [1.82, 2.24) is 5.32 Å². The van der Waals surface area contributed by atoms with Gasteiger partial charge in [0.25, 0.3) is 0 Å². The highest BCUT2D eigenvalue weighted by Crippen LogP contribution is 2.18. The fourth-order valence-corrected chi connectivity index (χ4v) is 2.37. The van der Waals surface area contributed by atoms with Crippen LogP contribution in [0.3, 0.4) is 0 Å². The number of hydrogen-bond acceptors (Lipinski definition) is 4. The first-order valence-corrected chi connectivity index (χ1v) is 7.41. The van der Waals surface area contributed by atoms with E-state index in [0.717, 1.165) is 25.1 Å². The fourth-order valence-electron chi connectivity index (χ4n) is 2.37. The van der Waals surface area contributed by atoms with Gasteiger partial charge in [-0.1, -0.05) is 6.07 Å². The number of nitrogens with zero attached hydrogens (tertiary/aromatic N) is 1. The van der Waals surface area contributed by atoms with Crippen LogP contribution in [0.5, 0.6) is 5.75 Å². The Balaban J connectivity index is 1.79. The highest BCUT2D eigenvalue weighted by Gasteiger charge is 2.17. The summed E-state index contributed by atoms with van der Waals surface area (Å²) in [5.74, 6) is 0.737. The Bertz CT molecular complexity index is 504.